The van der Waals surface area contributed by atoms with E-state index in [0.29, 0.717) is 5.82 Å². The number of anilines is 1. The summed E-state index contributed by atoms with van der Waals surface area (Å²) in [5, 5.41) is 8.42. The Bertz CT molecular complexity index is 338. The minimum Gasteiger partial charge on any atom is -0.393 e. The Morgan fingerprint density at radius 3 is 2.93 bits per heavy atom. The molecule has 0 bridgehead atoms. The molecule has 0 spiro atoms. The maximum absolute atomic E-state index is 10.2. The highest BCUT2D eigenvalue weighted by Crippen LogP contribution is 2.17. The summed E-state index contributed by atoms with van der Waals surface area (Å²) >= 11 is 1.67. The summed E-state index contributed by atoms with van der Waals surface area (Å²) in [7, 11) is 0. The molecule has 1 saturated heterocycles. The van der Waals surface area contributed by atoms with E-state index >= 15 is 0 Å². The lowest BCUT2D eigenvalue weighted by Crippen LogP contribution is -2.10. The summed E-state index contributed by atoms with van der Waals surface area (Å²) in [5.41, 5.74) is 4.82. The zero-order chi connectivity index (χ0) is 11.1. The zero-order valence-corrected chi connectivity index (χ0v) is 8.87. The second kappa shape index (κ2) is 6.44. The maximum Gasteiger partial charge on any atom is 0.346 e. The molecule has 1 fully saturated rings. The van der Waals surface area contributed by atoms with E-state index in [2.05, 4.69) is 9.97 Å². The van der Waals surface area contributed by atoms with Crippen LogP contribution in [0.25, 0.3) is 0 Å². The van der Waals surface area contributed by atoms with Gasteiger partial charge in [-0.25, -0.2) is 9.78 Å². The molecule has 0 amide bonds. The third-order valence-corrected chi connectivity index (χ3v) is 2.60. The Balaban J connectivity index is 0.000000151. The van der Waals surface area contributed by atoms with Crippen molar-refractivity contribution in [1.82, 2.24) is 9.97 Å². The van der Waals surface area contributed by atoms with Crippen molar-refractivity contribution < 1.29 is 9.84 Å². The predicted molar refractivity (Wildman–Crippen MR) is 58.6 cm³/mol. The standard InChI is InChI=1S/C4H5N3O.C4H8O2S/c5-3-1-2-6-4(8)7-3;5-3-4-6-1-2-7-4/h1-2H,(H3,5,6,7,8);4-5H,1-3H2/t;4-/m.0/s1. The molecular formula is C8H13N3O3S. The monoisotopic (exact) mass is 231 g/mol. The molecule has 0 aromatic carbocycles. The van der Waals surface area contributed by atoms with Gasteiger partial charge in [0.15, 0.2) is 0 Å². The van der Waals surface area contributed by atoms with E-state index in [9.17, 15) is 4.79 Å². The summed E-state index contributed by atoms with van der Waals surface area (Å²) in [6.07, 6.45) is 1.36. The molecule has 1 aliphatic rings. The van der Waals surface area contributed by atoms with Crippen molar-refractivity contribution in [2.75, 3.05) is 24.7 Å². The third kappa shape index (κ3) is 4.82. The highest BCUT2D eigenvalue weighted by atomic mass is 32.2. The number of aromatic amines is 1. The van der Waals surface area contributed by atoms with Gasteiger partial charge >= 0.3 is 5.69 Å². The first-order chi connectivity index (χ1) is 7.22. The van der Waals surface area contributed by atoms with Crippen LogP contribution in [0.15, 0.2) is 17.1 Å². The third-order valence-electron chi connectivity index (χ3n) is 1.54. The van der Waals surface area contributed by atoms with E-state index in [1.165, 1.54) is 12.3 Å². The molecule has 1 aromatic rings. The van der Waals surface area contributed by atoms with Crippen LogP contribution in [-0.4, -0.2) is 39.5 Å². The number of H-pyrrole nitrogens is 1. The number of ether oxygens (including phenoxy) is 1. The smallest absolute Gasteiger partial charge is 0.346 e. The Labute approximate surface area is 90.9 Å². The summed E-state index contributed by atoms with van der Waals surface area (Å²) in [6, 6.07) is 1.52. The van der Waals surface area contributed by atoms with Crippen molar-refractivity contribution in [3.8, 4) is 0 Å². The van der Waals surface area contributed by atoms with Crippen LogP contribution in [-0.2, 0) is 4.74 Å². The number of nitrogen functional groups attached to an aromatic ring is 1. The summed E-state index contributed by atoms with van der Waals surface area (Å²) in [6.45, 7) is 0.959. The van der Waals surface area contributed by atoms with E-state index in [4.69, 9.17) is 15.6 Å². The molecule has 1 atom stereocenters. The Hall–Kier alpha value is -1.05. The van der Waals surface area contributed by atoms with Crippen LogP contribution in [0.5, 0.6) is 0 Å². The van der Waals surface area contributed by atoms with Crippen LogP contribution in [0.2, 0.25) is 0 Å². The molecule has 4 N–H and O–H groups in total. The molecule has 1 aromatic heterocycles. The highest BCUT2D eigenvalue weighted by molar-refractivity contribution is 8.00. The molecule has 1 aliphatic heterocycles. The molecule has 6 nitrogen and oxygen atoms in total. The average molecular weight is 231 g/mol. The van der Waals surface area contributed by atoms with Gasteiger partial charge in [-0.05, 0) is 6.07 Å². The fourth-order valence-corrected chi connectivity index (χ4v) is 1.65. The number of hydrogen-bond donors (Lipinski definition) is 3. The van der Waals surface area contributed by atoms with Crippen LogP contribution >= 0.6 is 11.8 Å². The number of nitrogens with one attached hydrogen (secondary N) is 1. The molecule has 0 radical (unpaired) electrons. The fraction of sp³-hybridized carbons (Fsp3) is 0.500. The Morgan fingerprint density at radius 2 is 2.60 bits per heavy atom. The number of nitrogens with zero attached hydrogens (tertiary/aromatic N) is 1. The Kier molecular flexibility index (Phi) is 5.16. The van der Waals surface area contributed by atoms with Gasteiger partial charge in [-0.3, -0.25) is 4.98 Å². The first-order valence-electron chi connectivity index (χ1n) is 4.37. The average Bonchev–Trinajstić information content (AvgIpc) is 2.70. The summed E-state index contributed by atoms with van der Waals surface area (Å²) in [5.74, 6) is 1.37. The molecule has 0 saturated carbocycles. The van der Waals surface area contributed by atoms with Crippen molar-refractivity contribution in [2.24, 2.45) is 0 Å². The number of aliphatic hydroxyl groups is 1. The van der Waals surface area contributed by atoms with Crippen molar-refractivity contribution >= 4 is 17.6 Å². The number of nitrogens with two attached hydrogens (primary N) is 1. The van der Waals surface area contributed by atoms with Gasteiger partial charge < -0.3 is 15.6 Å². The lowest BCUT2D eigenvalue weighted by Gasteiger charge is -1.99. The predicted octanol–water partition coefficient (Wildman–Crippen LogP) is -0.580. The van der Waals surface area contributed by atoms with Crippen molar-refractivity contribution in [3.05, 3.63) is 22.7 Å². The normalized spacial score (nSPS) is 19.4. The largest absolute Gasteiger partial charge is 0.393 e. The van der Waals surface area contributed by atoms with Crippen molar-refractivity contribution in [2.45, 2.75) is 5.44 Å². The van der Waals surface area contributed by atoms with Gasteiger partial charge in [-0.2, -0.15) is 0 Å². The zero-order valence-electron chi connectivity index (χ0n) is 8.05. The first-order valence-corrected chi connectivity index (χ1v) is 5.42. The second-order valence-electron chi connectivity index (χ2n) is 2.68. The number of hydrogen-bond acceptors (Lipinski definition) is 6. The molecule has 0 aliphatic carbocycles. The van der Waals surface area contributed by atoms with Crippen molar-refractivity contribution in [1.29, 1.82) is 0 Å². The minimum atomic E-state index is -0.412. The SMILES string of the molecule is Nc1ccnc(=O)[nH]1.OC[C@H]1OCCS1. The highest BCUT2D eigenvalue weighted by Gasteiger charge is 2.13. The molecule has 2 heterocycles. The molecule has 84 valence electrons. The second-order valence-corrected chi connectivity index (χ2v) is 3.95. The lowest BCUT2D eigenvalue weighted by molar-refractivity contribution is 0.0918. The van der Waals surface area contributed by atoms with E-state index in [-0.39, 0.29) is 12.0 Å². The van der Waals surface area contributed by atoms with Gasteiger partial charge in [0.05, 0.1) is 13.2 Å². The number of aliphatic hydroxyl groups excluding tert-OH is 1. The molecule has 0 unspecified atom stereocenters. The maximum atomic E-state index is 10.2. The first kappa shape index (κ1) is 12.0. The van der Waals surface area contributed by atoms with Crippen LogP contribution in [0.1, 0.15) is 0 Å². The van der Waals surface area contributed by atoms with Crippen LogP contribution in [0.4, 0.5) is 5.82 Å². The van der Waals surface area contributed by atoms with Gasteiger partial charge in [0.25, 0.3) is 0 Å². The van der Waals surface area contributed by atoms with E-state index in [1.54, 1.807) is 11.8 Å². The van der Waals surface area contributed by atoms with Gasteiger partial charge in [0.1, 0.15) is 11.3 Å². The summed E-state index contributed by atoms with van der Waals surface area (Å²) < 4.78 is 5.02. The summed E-state index contributed by atoms with van der Waals surface area (Å²) in [4.78, 5) is 15.9. The topological polar surface area (TPSA) is 101 Å². The van der Waals surface area contributed by atoms with Crippen molar-refractivity contribution in [3.63, 3.8) is 0 Å². The minimum absolute atomic E-state index is 0.0694. The van der Waals surface area contributed by atoms with E-state index in [0.717, 1.165) is 12.4 Å². The van der Waals surface area contributed by atoms with Crippen LogP contribution < -0.4 is 11.4 Å². The number of aromatic nitrogens is 2. The van der Waals surface area contributed by atoms with Crippen LogP contribution in [0.3, 0.4) is 0 Å². The fourth-order valence-electron chi connectivity index (χ4n) is 0.895. The quantitative estimate of drug-likeness (QED) is 0.598. The molecule has 15 heavy (non-hydrogen) atoms. The van der Waals surface area contributed by atoms with E-state index < -0.39 is 5.69 Å². The lowest BCUT2D eigenvalue weighted by atomic mass is 10.6. The van der Waals surface area contributed by atoms with Gasteiger partial charge in [0.2, 0.25) is 0 Å². The van der Waals surface area contributed by atoms with Gasteiger partial charge in [-0.1, -0.05) is 0 Å². The molecular weight excluding hydrogens is 218 g/mol. The van der Waals surface area contributed by atoms with Crippen LogP contribution in [0, 0.1) is 0 Å². The van der Waals surface area contributed by atoms with Gasteiger partial charge in [-0.15, -0.1) is 11.8 Å². The number of rotatable bonds is 1. The number of thioether (sulfide) groups is 1. The molecule has 7 heteroatoms. The Morgan fingerprint density at radius 1 is 1.80 bits per heavy atom. The van der Waals surface area contributed by atoms with E-state index in [1.807, 2.05) is 0 Å². The van der Waals surface area contributed by atoms with Gasteiger partial charge in [0, 0.05) is 11.9 Å². The molecule has 2 rings (SSSR count).